The molecule has 1 atom stereocenters. The minimum atomic E-state index is -3.71. The Hall–Kier alpha value is -0.960. The van der Waals surface area contributed by atoms with Crippen molar-refractivity contribution in [1.82, 2.24) is 4.72 Å². The summed E-state index contributed by atoms with van der Waals surface area (Å²) in [6.07, 6.45) is 0.879. The molecule has 1 unspecified atom stereocenters. The molecule has 0 saturated carbocycles. The van der Waals surface area contributed by atoms with E-state index in [1.54, 1.807) is 6.92 Å². The molecular weight excluding hydrogens is 278 g/mol. The van der Waals surface area contributed by atoms with Gasteiger partial charge in [0.2, 0.25) is 10.0 Å². The highest BCUT2D eigenvalue weighted by atomic mass is 32.2. The Labute approximate surface area is 109 Å². The van der Waals surface area contributed by atoms with E-state index in [2.05, 4.69) is 4.72 Å². The highest BCUT2D eigenvalue weighted by Gasteiger charge is 2.21. The number of hydrogen-bond donors (Lipinski definition) is 3. The number of hydrogen-bond acceptors (Lipinski definition) is 5. The predicted molar refractivity (Wildman–Crippen MR) is 67.4 cm³/mol. The molecule has 102 valence electrons. The highest BCUT2D eigenvalue weighted by Crippen LogP contribution is 2.22. The van der Waals surface area contributed by atoms with Crippen molar-refractivity contribution in [3.05, 3.63) is 17.0 Å². The quantitative estimate of drug-likeness (QED) is 0.692. The third-order valence-corrected chi connectivity index (χ3v) is 5.43. The molecule has 6 nitrogen and oxygen atoms in total. The molecule has 0 aliphatic heterocycles. The van der Waals surface area contributed by atoms with Crippen LogP contribution in [0.2, 0.25) is 0 Å². The van der Waals surface area contributed by atoms with Gasteiger partial charge in [0.1, 0.15) is 9.09 Å². The van der Waals surface area contributed by atoms with Crippen molar-refractivity contribution in [2.45, 2.75) is 30.0 Å². The van der Waals surface area contributed by atoms with Crippen LogP contribution in [-0.2, 0) is 10.0 Å². The van der Waals surface area contributed by atoms with Crippen molar-refractivity contribution < 1.29 is 23.4 Å². The van der Waals surface area contributed by atoms with Crippen LogP contribution in [0.1, 0.15) is 29.4 Å². The summed E-state index contributed by atoms with van der Waals surface area (Å²) in [6, 6.07) is 2.17. The Kier molecular flexibility index (Phi) is 5.27. The number of aliphatic hydroxyl groups is 1. The van der Waals surface area contributed by atoms with Gasteiger partial charge in [-0.1, -0.05) is 6.92 Å². The number of thiophene rings is 1. The summed E-state index contributed by atoms with van der Waals surface area (Å²) in [7, 11) is -3.71. The number of nitrogens with one attached hydrogen (secondary N) is 1. The fraction of sp³-hybridized carbons (Fsp3) is 0.500. The van der Waals surface area contributed by atoms with E-state index in [4.69, 9.17) is 10.2 Å². The van der Waals surface area contributed by atoms with Gasteiger partial charge in [0, 0.05) is 12.6 Å². The van der Waals surface area contributed by atoms with Crippen LogP contribution in [0.5, 0.6) is 0 Å². The fourth-order valence-corrected chi connectivity index (χ4v) is 3.87. The van der Waals surface area contributed by atoms with Gasteiger partial charge in [0.05, 0.1) is 0 Å². The number of aromatic carboxylic acids is 1. The average molecular weight is 293 g/mol. The van der Waals surface area contributed by atoms with E-state index in [1.807, 2.05) is 0 Å². The molecule has 0 aliphatic rings. The van der Waals surface area contributed by atoms with Crippen molar-refractivity contribution in [3.63, 3.8) is 0 Å². The highest BCUT2D eigenvalue weighted by molar-refractivity contribution is 7.91. The first kappa shape index (κ1) is 15.1. The summed E-state index contributed by atoms with van der Waals surface area (Å²) < 4.78 is 26.3. The molecule has 1 aromatic heterocycles. The standard InChI is InChI=1S/C10H15NO5S2/c1-2-7(5-6-12)11-18(15,16)9-4-3-8(17-9)10(13)14/h3-4,7,11-12H,2,5-6H2,1H3,(H,13,14). The maximum atomic E-state index is 11.9. The van der Waals surface area contributed by atoms with Gasteiger partial charge in [-0.05, 0) is 25.0 Å². The number of carboxylic acid groups (broad SMARTS) is 1. The molecule has 0 bridgehead atoms. The molecule has 0 amide bonds. The zero-order valence-corrected chi connectivity index (χ0v) is 11.4. The first-order chi connectivity index (χ1) is 8.40. The number of carbonyl (C=O) groups is 1. The van der Waals surface area contributed by atoms with Crippen LogP contribution in [-0.4, -0.2) is 37.2 Å². The Morgan fingerprint density at radius 3 is 2.61 bits per heavy atom. The molecular formula is C10H15NO5S2. The largest absolute Gasteiger partial charge is 0.477 e. The monoisotopic (exact) mass is 293 g/mol. The van der Waals surface area contributed by atoms with Crippen LogP contribution in [0, 0.1) is 0 Å². The van der Waals surface area contributed by atoms with E-state index < -0.39 is 16.0 Å². The summed E-state index contributed by atoms with van der Waals surface area (Å²) in [5.41, 5.74) is 0. The van der Waals surface area contributed by atoms with Crippen LogP contribution in [0.15, 0.2) is 16.3 Å². The minimum Gasteiger partial charge on any atom is -0.477 e. The first-order valence-corrected chi connectivity index (χ1v) is 7.67. The lowest BCUT2D eigenvalue weighted by Crippen LogP contribution is -2.34. The van der Waals surface area contributed by atoms with Gasteiger partial charge in [-0.15, -0.1) is 11.3 Å². The average Bonchev–Trinajstić information content (AvgIpc) is 2.78. The van der Waals surface area contributed by atoms with Crippen LogP contribution in [0.25, 0.3) is 0 Å². The van der Waals surface area contributed by atoms with Crippen molar-refractivity contribution in [2.75, 3.05) is 6.61 Å². The van der Waals surface area contributed by atoms with Crippen molar-refractivity contribution in [1.29, 1.82) is 0 Å². The van der Waals surface area contributed by atoms with Crippen LogP contribution >= 0.6 is 11.3 Å². The Balaban J connectivity index is 2.88. The maximum absolute atomic E-state index is 11.9. The van der Waals surface area contributed by atoms with E-state index in [9.17, 15) is 13.2 Å². The molecule has 18 heavy (non-hydrogen) atoms. The number of sulfonamides is 1. The Morgan fingerprint density at radius 2 is 2.17 bits per heavy atom. The van der Waals surface area contributed by atoms with E-state index >= 15 is 0 Å². The second-order valence-electron chi connectivity index (χ2n) is 3.66. The van der Waals surface area contributed by atoms with Gasteiger partial charge >= 0.3 is 5.97 Å². The maximum Gasteiger partial charge on any atom is 0.345 e. The van der Waals surface area contributed by atoms with Gasteiger partial charge in [-0.25, -0.2) is 17.9 Å². The summed E-state index contributed by atoms with van der Waals surface area (Å²) in [5, 5.41) is 17.5. The van der Waals surface area contributed by atoms with Gasteiger partial charge in [0.25, 0.3) is 0 Å². The molecule has 3 N–H and O–H groups in total. The summed E-state index contributed by atoms with van der Waals surface area (Å²) >= 11 is 0.706. The number of aliphatic hydroxyl groups excluding tert-OH is 1. The third kappa shape index (κ3) is 3.77. The van der Waals surface area contributed by atoms with Crippen LogP contribution in [0.3, 0.4) is 0 Å². The summed E-state index contributed by atoms with van der Waals surface area (Å²) in [4.78, 5) is 10.7. The molecule has 8 heteroatoms. The van der Waals surface area contributed by atoms with Crippen molar-refractivity contribution in [3.8, 4) is 0 Å². The third-order valence-electron chi connectivity index (χ3n) is 2.35. The molecule has 0 fully saturated rings. The molecule has 0 radical (unpaired) electrons. The topological polar surface area (TPSA) is 104 Å². The molecule has 0 saturated heterocycles. The predicted octanol–water partition coefficient (Wildman–Crippen LogP) is 0.886. The lowest BCUT2D eigenvalue weighted by Gasteiger charge is -2.14. The fourth-order valence-electron chi connectivity index (χ4n) is 1.36. The Morgan fingerprint density at radius 1 is 1.50 bits per heavy atom. The lowest BCUT2D eigenvalue weighted by atomic mass is 10.2. The molecule has 1 heterocycles. The smallest absolute Gasteiger partial charge is 0.345 e. The number of carboxylic acids is 1. The van der Waals surface area contributed by atoms with E-state index in [-0.39, 0.29) is 21.7 Å². The molecule has 0 aromatic carbocycles. The second kappa shape index (κ2) is 6.28. The second-order valence-corrected chi connectivity index (χ2v) is 6.69. The normalized spacial score (nSPS) is 13.4. The van der Waals surface area contributed by atoms with E-state index in [0.717, 1.165) is 0 Å². The van der Waals surface area contributed by atoms with E-state index in [0.29, 0.717) is 24.2 Å². The molecule has 0 aliphatic carbocycles. The van der Waals surface area contributed by atoms with Crippen LogP contribution < -0.4 is 4.72 Å². The Bertz CT molecular complexity index is 508. The molecule has 1 rings (SSSR count). The lowest BCUT2D eigenvalue weighted by molar-refractivity contribution is 0.0702. The van der Waals surface area contributed by atoms with Gasteiger partial charge in [-0.3, -0.25) is 0 Å². The van der Waals surface area contributed by atoms with Gasteiger partial charge in [-0.2, -0.15) is 0 Å². The van der Waals surface area contributed by atoms with Gasteiger partial charge in [0.15, 0.2) is 0 Å². The number of rotatable bonds is 7. The van der Waals surface area contributed by atoms with Crippen LogP contribution in [0.4, 0.5) is 0 Å². The first-order valence-electron chi connectivity index (χ1n) is 5.37. The van der Waals surface area contributed by atoms with Crippen molar-refractivity contribution in [2.24, 2.45) is 0 Å². The minimum absolute atomic E-state index is 0.0226. The summed E-state index contributed by atoms with van der Waals surface area (Å²) in [6.45, 7) is 1.70. The zero-order chi connectivity index (χ0) is 13.8. The van der Waals surface area contributed by atoms with Gasteiger partial charge < -0.3 is 10.2 Å². The zero-order valence-electron chi connectivity index (χ0n) is 9.79. The summed E-state index contributed by atoms with van der Waals surface area (Å²) in [5.74, 6) is -1.15. The SMILES string of the molecule is CCC(CCO)NS(=O)(=O)c1ccc(C(=O)O)s1. The van der Waals surface area contributed by atoms with E-state index in [1.165, 1.54) is 12.1 Å². The molecule has 0 spiro atoms. The molecule has 1 aromatic rings. The van der Waals surface area contributed by atoms with Crippen molar-refractivity contribution >= 4 is 27.3 Å².